The van der Waals surface area contributed by atoms with E-state index in [2.05, 4.69) is 10.3 Å². The first-order valence-electron chi connectivity index (χ1n) is 8.37. The van der Waals surface area contributed by atoms with E-state index < -0.39 is 0 Å². The lowest BCUT2D eigenvalue weighted by Crippen LogP contribution is -2.23. The van der Waals surface area contributed by atoms with Crippen molar-refractivity contribution in [3.05, 3.63) is 95.0 Å². The Balaban J connectivity index is 1.67. The first-order valence-corrected chi connectivity index (χ1v) is 8.75. The molecular formula is C21H15ClFN3O. The maximum Gasteiger partial charge on any atom is 0.272 e. The molecule has 2 aromatic carbocycles. The zero-order chi connectivity index (χ0) is 18.8. The van der Waals surface area contributed by atoms with Gasteiger partial charge in [-0.25, -0.2) is 9.37 Å². The number of carbonyl (C=O) groups excluding carboxylic acids is 1. The Kier molecular flexibility index (Phi) is 4.60. The van der Waals surface area contributed by atoms with Crippen LogP contribution in [0.25, 0.3) is 16.9 Å². The second-order valence-electron chi connectivity index (χ2n) is 6.06. The maximum atomic E-state index is 13.0. The molecule has 0 radical (unpaired) electrons. The SMILES string of the molecule is O=C(NCc1ccc(F)cc1)c1nc(-c2cccc(Cl)c2)n2ccccc12. The van der Waals surface area contributed by atoms with Crippen molar-refractivity contribution < 1.29 is 9.18 Å². The highest BCUT2D eigenvalue weighted by Gasteiger charge is 2.18. The average Bonchev–Trinajstić information content (AvgIpc) is 3.07. The minimum atomic E-state index is -0.309. The van der Waals surface area contributed by atoms with Gasteiger partial charge in [-0.2, -0.15) is 0 Å². The van der Waals surface area contributed by atoms with Crippen LogP contribution in [0.1, 0.15) is 16.1 Å². The third kappa shape index (κ3) is 3.55. The van der Waals surface area contributed by atoms with E-state index in [9.17, 15) is 9.18 Å². The first-order chi connectivity index (χ1) is 13.1. The van der Waals surface area contributed by atoms with Gasteiger partial charge in [-0.1, -0.05) is 41.9 Å². The number of rotatable bonds is 4. The number of carbonyl (C=O) groups is 1. The molecule has 0 spiro atoms. The Labute approximate surface area is 160 Å². The number of nitrogens with one attached hydrogen (secondary N) is 1. The van der Waals surface area contributed by atoms with Crippen molar-refractivity contribution >= 4 is 23.0 Å². The molecule has 6 heteroatoms. The molecule has 0 bridgehead atoms. The Morgan fingerprint density at radius 2 is 1.89 bits per heavy atom. The summed E-state index contributed by atoms with van der Waals surface area (Å²) in [7, 11) is 0. The number of hydrogen-bond donors (Lipinski definition) is 1. The van der Waals surface area contributed by atoms with Gasteiger partial charge in [0, 0.05) is 23.3 Å². The molecule has 0 aliphatic carbocycles. The fourth-order valence-electron chi connectivity index (χ4n) is 2.90. The van der Waals surface area contributed by atoms with Crippen molar-refractivity contribution in [3.8, 4) is 11.4 Å². The Morgan fingerprint density at radius 1 is 1.07 bits per heavy atom. The van der Waals surface area contributed by atoms with E-state index in [1.54, 1.807) is 18.2 Å². The van der Waals surface area contributed by atoms with Crippen LogP contribution in [-0.2, 0) is 6.54 Å². The smallest absolute Gasteiger partial charge is 0.272 e. The van der Waals surface area contributed by atoms with Crippen molar-refractivity contribution in [2.24, 2.45) is 0 Å². The van der Waals surface area contributed by atoms with E-state index in [1.165, 1.54) is 12.1 Å². The molecule has 0 atom stereocenters. The van der Waals surface area contributed by atoms with Crippen LogP contribution < -0.4 is 5.32 Å². The van der Waals surface area contributed by atoms with Crippen molar-refractivity contribution in [2.45, 2.75) is 6.54 Å². The molecule has 4 nitrogen and oxygen atoms in total. The summed E-state index contributed by atoms with van der Waals surface area (Å²) in [5.41, 5.74) is 2.65. The van der Waals surface area contributed by atoms with Crippen LogP contribution in [0.3, 0.4) is 0 Å². The summed E-state index contributed by atoms with van der Waals surface area (Å²) >= 11 is 6.10. The minimum Gasteiger partial charge on any atom is -0.347 e. The zero-order valence-corrected chi connectivity index (χ0v) is 14.9. The van der Waals surface area contributed by atoms with E-state index in [1.807, 2.05) is 47.0 Å². The maximum absolute atomic E-state index is 13.0. The third-order valence-electron chi connectivity index (χ3n) is 4.21. The number of nitrogens with zero attached hydrogens (tertiary/aromatic N) is 2. The second kappa shape index (κ2) is 7.21. The highest BCUT2D eigenvalue weighted by molar-refractivity contribution is 6.30. The summed E-state index contributed by atoms with van der Waals surface area (Å²) in [6.45, 7) is 0.289. The lowest BCUT2D eigenvalue weighted by molar-refractivity contribution is 0.0948. The van der Waals surface area contributed by atoms with Crippen LogP contribution in [0.2, 0.25) is 5.02 Å². The van der Waals surface area contributed by atoms with Gasteiger partial charge in [0.2, 0.25) is 0 Å². The molecule has 1 N–H and O–H groups in total. The van der Waals surface area contributed by atoms with Crippen LogP contribution in [0.15, 0.2) is 72.9 Å². The quantitative estimate of drug-likeness (QED) is 0.557. The fourth-order valence-corrected chi connectivity index (χ4v) is 3.09. The molecule has 1 amide bonds. The first kappa shape index (κ1) is 17.2. The molecule has 0 fully saturated rings. The summed E-state index contributed by atoms with van der Waals surface area (Å²) < 4.78 is 14.9. The van der Waals surface area contributed by atoms with Crippen LogP contribution in [-0.4, -0.2) is 15.3 Å². The second-order valence-corrected chi connectivity index (χ2v) is 6.50. The lowest BCUT2D eigenvalue weighted by atomic mass is 10.2. The Bertz CT molecular complexity index is 1120. The summed E-state index contributed by atoms with van der Waals surface area (Å²) in [4.78, 5) is 17.3. The number of benzene rings is 2. The number of aromatic nitrogens is 2. The number of fused-ring (bicyclic) bond motifs is 1. The van der Waals surface area contributed by atoms with Gasteiger partial charge in [-0.05, 0) is 42.0 Å². The van der Waals surface area contributed by atoms with Crippen molar-refractivity contribution in [1.29, 1.82) is 0 Å². The van der Waals surface area contributed by atoms with Gasteiger partial charge in [0.1, 0.15) is 11.6 Å². The Morgan fingerprint density at radius 3 is 2.67 bits per heavy atom. The molecule has 0 aliphatic heterocycles. The molecule has 0 saturated heterocycles. The number of hydrogen-bond acceptors (Lipinski definition) is 2. The number of amides is 1. The van der Waals surface area contributed by atoms with Gasteiger partial charge in [-0.3, -0.25) is 9.20 Å². The van der Waals surface area contributed by atoms with Crippen LogP contribution in [0, 0.1) is 5.82 Å². The van der Waals surface area contributed by atoms with Gasteiger partial charge in [0.15, 0.2) is 5.69 Å². The number of imidazole rings is 1. The molecule has 2 aromatic heterocycles. The highest BCUT2D eigenvalue weighted by Crippen LogP contribution is 2.25. The summed E-state index contributed by atoms with van der Waals surface area (Å²) in [5, 5.41) is 3.44. The predicted molar refractivity (Wildman–Crippen MR) is 103 cm³/mol. The van der Waals surface area contributed by atoms with Gasteiger partial charge < -0.3 is 5.32 Å². The predicted octanol–water partition coefficient (Wildman–Crippen LogP) is 4.72. The van der Waals surface area contributed by atoms with E-state index in [0.717, 1.165) is 11.1 Å². The molecule has 4 aromatic rings. The molecule has 134 valence electrons. The van der Waals surface area contributed by atoms with Crippen LogP contribution >= 0.6 is 11.6 Å². The highest BCUT2D eigenvalue weighted by atomic mass is 35.5. The molecule has 2 heterocycles. The van der Waals surface area contributed by atoms with Crippen molar-refractivity contribution in [1.82, 2.24) is 14.7 Å². The monoisotopic (exact) mass is 379 g/mol. The van der Waals surface area contributed by atoms with E-state index in [4.69, 9.17) is 11.6 Å². The average molecular weight is 380 g/mol. The Hall–Kier alpha value is -3.18. The zero-order valence-electron chi connectivity index (χ0n) is 14.2. The van der Waals surface area contributed by atoms with Gasteiger partial charge in [-0.15, -0.1) is 0 Å². The third-order valence-corrected chi connectivity index (χ3v) is 4.45. The van der Waals surface area contributed by atoms with Crippen LogP contribution in [0.5, 0.6) is 0 Å². The van der Waals surface area contributed by atoms with Gasteiger partial charge in [0.25, 0.3) is 5.91 Å². The van der Waals surface area contributed by atoms with Gasteiger partial charge in [0.05, 0.1) is 5.52 Å². The van der Waals surface area contributed by atoms with Crippen molar-refractivity contribution in [2.75, 3.05) is 0 Å². The lowest BCUT2D eigenvalue weighted by Gasteiger charge is -2.04. The van der Waals surface area contributed by atoms with Gasteiger partial charge >= 0.3 is 0 Å². The summed E-state index contributed by atoms with van der Waals surface area (Å²) in [5.74, 6) is 0.0349. The van der Waals surface area contributed by atoms with E-state index >= 15 is 0 Å². The summed E-state index contributed by atoms with van der Waals surface area (Å²) in [6, 6.07) is 18.9. The van der Waals surface area contributed by atoms with Crippen LogP contribution in [0.4, 0.5) is 4.39 Å². The number of halogens is 2. The topological polar surface area (TPSA) is 46.4 Å². The van der Waals surface area contributed by atoms with E-state index in [-0.39, 0.29) is 18.3 Å². The molecule has 0 unspecified atom stereocenters. The fraction of sp³-hybridized carbons (Fsp3) is 0.0476. The molecular weight excluding hydrogens is 365 g/mol. The molecule has 0 saturated carbocycles. The standard InChI is InChI=1S/C21H15ClFN3O/c22-16-5-3-4-15(12-16)20-25-19(18-6-1-2-11-26(18)20)21(27)24-13-14-7-9-17(23)10-8-14/h1-12H,13H2,(H,24,27). The molecule has 27 heavy (non-hydrogen) atoms. The summed E-state index contributed by atoms with van der Waals surface area (Å²) in [6.07, 6.45) is 1.86. The normalized spacial score (nSPS) is 10.9. The molecule has 0 aliphatic rings. The van der Waals surface area contributed by atoms with E-state index in [0.29, 0.717) is 22.1 Å². The minimum absolute atomic E-state index is 0.289. The number of pyridine rings is 1. The van der Waals surface area contributed by atoms with Crippen molar-refractivity contribution in [3.63, 3.8) is 0 Å². The largest absolute Gasteiger partial charge is 0.347 e. The molecule has 4 rings (SSSR count).